The highest BCUT2D eigenvalue weighted by Gasteiger charge is 2.38. The van der Waals surface area contributed by atoms with Crippen molar-refractivity contribution in [2.24, 2.45) is 0 Å². The first-order valence-electron chi connectivity index (χ1n) is 5.08. The lowest BCUT2D eigenvalue weighted by Gasteiger charge is -2.50. The average Bonchev–Trinajstić information content (AvgIpc) is 2.02. The fourth-order valence-corrected chi connectivity index (χ4v) is 2.08. The summed E-state index contributed by atoms with van der Waals surface area (Å²) < 4.78 is 0. The van der Waals surface area contributed by atoms with Gasteiger partial charge in [0.2, 0.25) is 0 Å². The average molecular weight is 167 g/mol. The Hall–Kier alpha value is -0.460. The van der Waals surface area contributed by atoms with Gasteiger partial charge in [-0.2, -0.15) is 0 Å². The van der Waals surface area contributed by atoms with E-state index in [-0.39, 0.29) is 0 Å². The first-order valence-corrected chi connectivity index (χ1v) is 5.08. The van der Waals surface area contributed by atoms with Crippen LogP contribution in [0.15, 0.2) is 12.3 Å². The summed E-state index contributed by atoms with van der Waals surface area (Å²) in [7, 11) is 2.20. The van der Waals surface area contributed by atoms with Gasteiger partial charge in [-0.05, 0) is 32.1 Å². The van der Waals surface area contributed by atoms with Crippen LogP contribution in [0.2, 0.25) is 0 Å². The molecule has 0 radical (unpaired) electrons. The predicted octanol–water partition coefficient (Wildman–Crippen LogP) is 3.17. The highest BCUT2D eigenvalue weighted by Crippen LogP contribution is 2.41. The lowest BCUT2D eigenvalue weighted by Crippen LogP contribution is -2.50. The van der Waals surface area contributed by atoms with E-state index in [2.05, 4.69) is 32.4 Å². The molecule has 1 aliphatic carbocycles. The fraction of sp³-hybridized carbons (Fsp3) is 0.818. The molecule has 0 heterocycles. The van der Waals surface area contributed by atoms with Crippen molar-refractivity contribution in [1.82, 2.24) is 4.90 Å². The Balaban J connectivity index is 2.59. The standard InChI is InChI=1S/C11H21N/c1-5-10(3)12(4)11(6-2)8-7-9-11/h3,5-9H2,1-2,4H3. The van der Waals surface area contributed by atoms with Gasteiger partial charge in [-0.15, -0.1) is 0 Å². The molecule has 0 spiro atoms. The molecule has 0 atom stereocenters. The van der Waals surface area contributed by atoms with Crippen molar-refractivity contribution < 1.29 is 0 Å². The number of allylic oxidation sites excluding steroid dienone is 1. The molecule has 0 N–H and O–H groups in total. The molecule has 1 heteroatoms. The number of hydrogen-bond donors (Lipinski definition) is 0. The van der Waals surface area contributed by atoms with E-state index in [0.29, 0.717) is 5.54 Å². The van der Waals surface area contributed by atoms with E-state index in [4.69, 9.17) is 0 Å². The van der Waals surface area contributed by atoms with Crippen molar-refractivity contribution in [3.05, 3.63) is 12.3 Å². The Kier molecular flexibility index (Phi) is 2.81. The first kappa shape index (κ1) is 9.63. The third kappa shape index (κ3) is 1.37. The zero-order valence-corrected chi connectivity index (χ0v) is 8.69. The van der Waals surface area contributed by atoms with Gasteiger partial charge < -0.3 is 4.90 Å². The van der Waals surface area contributed by atoms with Gasteiger partial charge in [0.1, 0.15) is 0 Å². The van der Waals surface area contributed by atoms with E-state index >= 15 is 0 Å². The zero-order valence-electron chi connectivity index (χ0n) is 8.69. The van der Waals surface area contributed by atoms with E-state index in [1.165, 1.54) is 31.4 Å². The van der Waals surface area contributed by atoms with Gasteiger partial charge in [0, 0.05) is 18.3 Å². The van der Waals surface area contributed by atoms with Crippen LogP contribution in [-0.4, -0.2) is 17.5 Å². The molecule has 0 aromatic rings. The second-order valence-corrected chi connectivity index (χ2v) is 3.91. The number of hydrogen-bond acceptors (Lipinski definition) is 1. The Morgan fingerprint density at radius 3 is 2.25 bits per heavy atom. The summed E-state index contributed by atoms with van der Waals surface area (Å²) in [6.45, 7) is 8.57. The summed E-state index contributed by atoms with van der Waals surface area (Å²) in [5.74, 6) is 0. The van der Waals surface area contributed by atoms with Crippen LogP contribution >= 0.6 is 0 Å². The van der Waals surface area contributed by atoms with Gasteiger partial charge in [-0.1, -0.05) is 20.4 Å². The molecule has 70 valence electrons. The fourth-order valence-electron chi connectivity index (χ4n) is 2.08. The maximum absolute atomic E-state index is 4.09. The van der Waals surface area contributed by atoms with Crippen LogP contribution < -0.4 is 0 Å². The molecular formula is C11H21N. The Morgan fingerprint density at radius 2 is 2.00 bits per heavy atom. The molecule has 1 rings (SSSR count). The highest BCUT2D eigenvalue weighted by atomic mass is 15.2. The molecule has 0 unspecified atom stereocenters. The van der Waals surface area contributed by atoms with Crippen molar-refractivity contribution >= 4 is 0 Å². The van der Waals surface area contributed by atoms with E-state index in [0.717, 1.165) is 6.42 Å². The smallest absolute Gasteiger partial charge is 0.0393 e. The summed E-state index contributed by atoms with van der Waals surface area (Å²) in [5, 5.41) is 0. The molecule has 12 heavy (non-hydrogen) atoms. The summed E-state index contributed by atoms with van der Waals surface area (Å²) in [6, 6.07) is 0. The lowest BCUT2D eigenvalue weighted by atomic mass is 9.73. The maximum Gasteiger partial charge on any atom is 0.0393 e. The minimum absolute atomic E-state index is 0.479. The van der Waals surface area contributed by atoms with E-state index in [1.807, 2.05) is 0 Å². The molecule has 1 fully saturated rings. The van der Waals surface area contributed by atoms with Crippen LogP contribution in [0.3, 0.4) is 0 Å². The second-order valence-electron chi connectivity index (χ2n) is 3.91. The normalized spacial score (nSPS) is 19.9. The van der Waals surface area contributed by atoms with Crippen LogP contribution in [0.5, 0.6) is 0 Å². The van der Waals surface area contributed by atoms with Crippen molar-refractivity contribution in [2.45, 2.75) is 51.5 Å². The maximum atomic E-state index is 4.09. The first-order chi connectivity index (χ1) is 5.66. The van der Waals surface area contributed by atoms with Crippen LogP contribution in [0.4, 0.5) is 0 Å². The molecule has 0 aliphatic heterocycles. The lowest BCUT2D eigenvalue weighted by molar-refractivity contribution is 0.0609. The van der Waals surface area contributed by atoms with Crippen molar-refractivity contribution in [3.8, 4) is 0 Å². The minimum atomic E-state index is 0.479. The molecule has 1 nitrogen and oxygen atoms in total. The van der Waals surface area contributed by atoms with Gasteiger partial charge in [0.25, 0.3) is 0 Å². The summed E-state index contributed by atoms with van der Waals surface area (Å²) in [6.07, 6.45) is 6.47. The van der Waals surface area contributed by atoms with Gasteiger partial charge in [-0.3, -0.25) is 0 Å². The van der Waals surface area contributed by atoms with Gasteiger partial charge in [0.15, 0.2) is 0 Å². The van der Waals surface area contributed by atoms with E-state index < -0.39 is 0 Å². The molecule has 1 saturated carbocycles. The van der Waals surface area contributed by atoms with Gasteiger partial charge in [-0.25, -0.2) is 0 Å². The van der Waals surface area contributed by atoms with Gasteiger partial charge >= 0.3 is 0 Å². The number of nitrogens with zero attached hydrogens (tertiary/aromatic N) is 1. The molecule has 0 aromatic heterocycles. The zero-order chi connectivity index (χ0) is 9.19. The number of rotatable bonds is 4. The van der Waals surface area contributed by atoms with Crippen molar-refractivity contribution in [3.63, 3.8) is 0 Å². The third-order valence-electron chi connectivity index (χ3n) is 3.54. The monoisotopic (exact) mass is 167 g/mol. The Labute approximate surface area is 76.5 Å². The summed E-state index contributed by atoms with van der Waals surface area (Å²) in [4.78, 5) is 2.41. The van der Waals surface area contributed by atoms with Crippen LogP contribution in [-0.2, 0) is 0 Å². The van der Waals surface area contributed by atoms with E-state index in [9.17, 15) is 0 Å². The highest BCUT2D eigenvalue weighted by molar-refractivity contribution is 5.05. The third-order valence-corrected chi connectivity index (χ3v) is 3.54. The van der Waals surface area contributed by atoms with Crippen LogP contribution in [0.1, 0.15) is 46.0 Å². The van der Waals surface area contributed by atoms with Crippen LogP contribution in [0.25, 0.3) is 0 Å². The molecule has 0 saturated heterocycles. The van der Waals surface area contributed by atoms with Crippen LogP contribution in [0, 0.1) is 0 Å². The minimum Gasteiger partial charge on any atom is -0.373 e. The molecule has 0 aromatic carbocycles. The Bertz CT molecular complexity index is 162. The Morgan fingerprint density at radius 1 is 1.42 bits per heavy atom. The predicted molar refractivity (Wildman–Crippen MR) is 54.1 cm³/mol. The topological polar surface area (TPSA) is 3.24 Å². The second kappa shape index (κ2) is 3.51. The summed E-state index contributed by atoms with van der Waals surface area (Å²) >= 11 is 0. The summed E-state index contributed by atoms with van der Waals surface area (Å²) in [5.41, 5.74) is 1.77. The van der Waals surface area contributed by atoms with Crippen molar-refractivity contribution in [1.29, 1.82) is 0 Å². The molecule has 0 bridgehead atoms. The quantitative estimate of drug-likeness (QED) is 0.621. The van der Waals surface area contributed by atoms with E-state index in [1.54, 1.807) is 0 Å². The van der Waals surface area contributed by atoms with Gasteiger partial charge in [0.05, 0.1) is 0 Å². The van der Waals surface area contributed by atoms with Crippen molar-refractivity contribution in [2.75, 3.05) is 7.05 Å². The molecule has 1 aliphatic rings. The molecule has 0 amide bonds. The molecular weight excluding hydrogens is 146 g/mol. The largest absolute Gasteiger partial charge is 0.373 e. The SMILES string of the molecule is C=C(CC)N(C)C1(CC)CCC1.